The molecule has 0 N–H and O–H groups in total. The molecule has 0 rings (SSSR count). The molecule has 0 bridgehead atoms. The standard InChI is InChI=1S/C29H48O19Si3/c1-20(2)28(37)39-15-14-38-26(35)12-13-27(36)40-16-29(17-41-49(8,9)44-21(3)30,18-42-50(10,45-22(4)31)46-23(5)32)19-43-51(11,47-24(6)33)48-25(7)34/h1,12-19H2,2-11H3. The maximum Gasteiger partial charge on any atom is 0.632 e. The molecule has 0 heterocycles. The van der Waals surface area contributed by atoms with Crippen LogP contribution in [-0.2, 0) is 88.0 Å². The lowest BCUT2D eigenvalue weighted by molar-refractivity contribution is -0.157. The Labute approximate surface area is 299 Å². The van der Waals surface area contributed by atoms with Crippen LogP contribution in [0.2, 0.25) is 26.2 Å². The van der Waals surface area contributed by atoms with Gasteiger partial charge < -0.3 is 49.6 Å². The Kier molecular flexibility index (Phi) is 19.7. The zero-order chi connectivity index (χ0) is 39.6. The van der Waals surface area contributed by atoms with E-state index < -0.39 is 119 Å². The molecule has 51 heavy (non-hydrogen) atoms. The van der Waals surface area contributed by atoms with Crippen molar-refractivity contribution >= 4 is 73.9 Å². The van der Waals surface area contributed by atoms with E-state index in [2.05, 4.69) is 6.58 Å². The molecule has 0 unspecified atom stereocenters. The maximum absolute atomic E-state index is 12.9. The lowest BCUT2D eigenvalue weighted by Crippen LogP contribution is -2.54. The molecule has 0 aliphatic carbocycles. The first-order valence-electron chi connectivity index (χ1n) is 15.4. The summed E-state index contributed by atoms with van der Waals surface area (Å²) in [5.74, 6) is -6.40. The van der Waals surface area contributed by atoms with Crippen LogP contribution in [0.1, 0.15) is 54.4 Å². The van der Waals surface area contributed by atoms with Gasteiger partial charge in [0.05, 0.1) is 38.1 Å². The molecule has 0 aromatic carbocycles. The van der Waals surface area contributed by atoms with Gasteiger partial charge in [-0.3, -0.25) is 33.6 Å². The number of ether oxygens (including phenoxy) is 3. The SMILES string of the molecule is C=C(C)C(=O)OCCOC(=O)CCC(=O)OCC(CO[Si](C)(C)OC(C)=O)(CO[Si](C)(OC(C)=O)OC(C)=O)CO[Si](C)(OC(C)=O)OC(C)=O. The van der Waals surface area contributed by atoms with Gasteiger partial charge in [0.25, 0.3) is 29.8 Å². The van der Waals surface area contributed by atoms with E-state index in [0.29, 0.717) is 0 Å². The molecule has 19 nitrogen and oxygen atoms in total. The van der Waals surface area contributed by atoms with Crippen LogP contribution in [-0.4, -0.2) is 114 Å². The number of rotatable bonds is 23. The first kappa shape index (κ1) is 47.0. The van der Waals surface area contributed by atoms with Crippen LogP contribution in [0.3, 0.4) is 0 Å². The fraction of sp³-hybridized carbons (Fsp3) is 0.655. The molecule has 0 aromatic heterocycles. The molecular weight excluding hydrogens is 737 g/mol. The third-order valence-corrected chi connectivity index (χ3v) is 11.3. The second-order valence-corrected chi connectivity index (χ2v) is 19.9. The van der Waals surface area contributed by atoms with Gasteiger partial charge in [-0.15, -0.1) is 0 Å². The van der Waals surface area contributed by atoms with Crippen molar-refractivity contribution in [2.75, 3.05) is 39.6 Å². The van der Waals surface area contributed by atoms with Gasteiger partial charge in [0.1, 0.15) is 19.8 Å². The van der Waals surface area contributed by atoms with E-state index in [1.165, 1.54) is 40.0 Å². The molecule has 0 aliphatic rings. The molecule has 0 radical (unpaired) electrons. The van der Waals surface area contributed by atoms with Gasteiger partial charge in [0, 0.05) is 53.3 Å². The van der Waals surface area contributed by atoms with Gasteiger partial charge in [0.2, 0.25) is 0 Å². The van der Waals surface area contributed by atoms with Crippen LogP contribution in [0.25, 0.3) is 0 Å². The molecule has 0 aromatic rings. The molecule has 22 heteroatoms. The van der Waals surface area contributed by atoms with Crippen molar-refractivity contribution in [1.82, 2.24) is 0 Å². The fourth-order valence-electron chi connectivity index (χ4n) is 3.72. The van der Waals surface area contributed by atoms with Crippen molar-refractivity contribution in [3.63, 3.8) is 0 Å². The van der Waals surface area contributed by atoms with Crippen molar-refractivity contribution in [3.05, 3.63) is 12.2 Å². The highest BCUT2D eigenvalue weighted by molar-refractivity contribution is 6.66. The molecule has 0 saturated carbocycles. The normalized spacial score (nSPS) is 11.7. The average Bonchev–Trinajstić information content (AvgIpc) is 2.95. The number of carbonyl (C=O) groups is 8. The molecular formula is C29H48O19Si3. The predicted octanol–water partition coefficient (Wildman–Crippen LogP) is 1.66. The first-order valence-corrected chi connectivity index (χ1v) is 22.6. The third kappa shape index (κ3) is 21.8. The zero-order valence-electron chi connectivity index (χ0n) is 30.6. The van der Waals surface area contributed by atoms with Gasteiger partial charge in [0.15, 0.2) is 0 Å². The monoisotopic (exact) mass is 784 g/mol. The smallest absolute Gasteiger partial charge is 0.495 e. The summed E-state index contributed by atoms with van der Waals surface area (Å²) in [4.78, 5) is 95.8. The Morgan fingerprint density at radius 1 is 0.490 bits per heavy atom. The summed E-state index contributed by atoms with van der Waals surface area (Å²) in [6.07, 6.45) is -0.901. The molecule has 0 spiro atoms. The van der Waals surface area contributed by atoms with Crippen molar-refractivity contribution in [3.8, 4) is 0 Å². The summed E-state index contributed by atoms with van der Waals surface area (Å²) in [5.41, 5.74) is -1.51. The van der Waals surface area contributed by atoms with Crippen LogP contribution >= 0.6 is 0 Å². The van der Waals surface area contributed by atoms with Crippen LogP contribution in [0.15, 0.2) is 12.2 Å². The van der Waals surface area contributed by atoms with Crippen LogP contribution < -0.4 is 0 Å². The van der Waals surface area contributed by atoms with Crippen molar-refractivity contribution in [1.29, 1.82) is 0 Å². The highest BCUT2D eigenvalue weighted by Crippen LogP contribution is 2.28. The lowest BCUT2D eigenvalue weighted by atomic mass is 9.92. The minimum Gasteiger partial charge on any atom is -0.495 e. The number of hydrogen-bond acceptors (Lipinski definition) is 19. The Bertz CT molecular complexity index is 1220. The van der Waals surface area contributed by atoms with E-state index in [0.717, 1.165) is 27.7 Å². The van der Waals surface area contributed by atoms with Gasteiger partial charge in [-0.2, -0.15) is 0 Å². The number of hydrogen-bond donors (Lipinski definition) is 0. The number of esters is 3. The van der Waals surface area contributed by atoms with E-state index in [9.17, 15) is 38.4 Å². The Balaban J connectivity index is 6.42. The van der Waals surface area contributed by atoms with Gasteiger partial charge in [-0.05, 0) is 20.0 Å². The minimum atomic E-state index is -4.11. The highest BCUT2D eigenvalue weighted by atomic mass is 28.4. The number of carbonyl (C=O) groups excluding carboxylic acids is 8. The largest absolute Gasteiger partial charge is 0.632 e. The Hall–Kier alpha value is -3.97. The lowest BCUT2D eigenvalue weighted by Gasteiger charge is -2.38. The maximum atomic E-state index is 12.9. The molecule has 0 aliphatic heterocycles. The highest BCUT2D eigenvalue weighted by Gasteiger charge is 2.50. The minimum absolute atomic E-state index is 0.160. The van der Waals surface area contributed by atoms with E-state index in [4.69, 9.17) is 49.6 Å². The predicted molar refractivity (Wildman–Crippen MR) is 177 cm³/mol. The van der Waals surface area contributed by atoms with Gasteiger partial charge >= 0.3 is 44.1 Å². The van der Waals surface area contributed by atoms with Crippen molar-refractivity contribution in [2.45, 2.75) is 80.6 Å². The van der Waals surface area contributed by atoms with Gasteiger partial charge in [-0.25, -0.2) is 4.79 Å². The summed E-state index contributed by atoms with van der Waals surface area (Å²) in [7, 11) is -11.5. The van der Waals surface area contributed by atoms with Crippen molar-refractivity contribution < 1.29 is 88.0 Å². The molecule has 0 atom stereocenters. The molecule has 0 fully saturated rings. The average molecular weight is 785 g/mol. The molecule has 0 saturated heterocycles. The third-order valence-electron chi connectivity index (χ3n) is 5.71. The summed E-state index contributed by atoms with van der Waals surface area (Å²) >= 11 is 0. The summed E-state index contributed by atoms with van der Waals surface area (Å²) < 4.78 is 59.3. The van der Waals surface area contributed by atoms with Crippen LogP contribution in [0.5, 0.6) is 0 Å². The molecule has 290 valence electrons. The van der Waals surface area contributed by atoms with Crippen LogP contribution in [0, 0.1) is 5.41 Å². The van der Waals surface area contributed by atoms with E-state index in [1.807, 2.05) is 0 Å². The summed E-state index contributed by atoms with van der Waals surface area (Å²) in [6.45, 7) is 13.0. The fourth-order valence-corrected chi connectivity index (χ4v) is 8.67. The first-order chi connectivity index (χ1) is 23.3. The van der Waals surface area contributed by atoms with E-state index in [-0.39, 0.29) is 18.8 Å². The quantitative estimate of drug-likeness (QED) is 0.0471. The topological polar surface area (TPSA) is 238 Å². The zero-order valence-corrected chi connectivity index (χ0v) is 33.6. The second kappa shape index (κ2) is 21.4. The summed E-state index contributed by atoms with van der Waals surface area (Å²) in [6, 6.07) is 0. The summed E-state index contributed by atoms with van der Waals surface area (Å²) in [5, 5.41) is 0. The van der Waals surface area contributed by atoms with E-state index >= 15 is 0 Å². The van der Waals surface area contributed by atoms with Crippen molar-refractivity contribution in [2.24, 2.45) is 5.41 Å². The Morgan fingerprint density at radius 3 is 1.22 bits per heavy atom. The van der Waals surface area contributed by atoms with E-state index in [1.54, 1.807) is 0 Å². The molecule has 0 amide bonds. The van der Waals surface area contributed by atoms with Gasteiger partial charge in [-0.1, -0.05) is 6.58 Å². The van der Waals surface area contributed by atoms with Crippen LogP contribution in [0.4, 0.5) is 0 Å². The second-order valence-electron chi connectivity index (χ2n) is 11.8. The Morgan fingerprint density at radius 2 is 0.843 bits per heavy atom.